The largest absolute Gasteiger partial charge is 0.435 e. The summed E-state index contributed by atoms with van der Waals surface area (Å²) in [5, 5.41) is 6.48. The number of halogens is 8. The van der Waals surface area contributed by atoms with Crippen LogP contribution in [0.4, 0.5) is 41.6 Å². The Morgan fingerprint density at radius 1 is 0.889 bits per heavy atom. The Kier molecular flexibility index (Phi) is 7.38. The van der Waals surface area contributed by atoms with Gasteiger partial charge in [-0.3, -0.25) is 14.9 Å². The van der Waals surface area contributed by atoms with Crippen LogP contribution in [0.15, 0.2) is 41.8 Å². The molecule has 2 amide bonds. The van der Waals surface area contributed by atoms with Crippen molar-refractivity contribution in [1.82, 2.24) is 4.98 Å². The van der Waals surface area contributed by atoms with Crippen molar-refractivity contribution in [3.8, 4) is 0 Å². The number of hydrogen-bond donors (Lipinski definition) is 2. The van der Waals surface area contributed by atoms with Crippen molar-refractivity contribution < 1.29 is 40.3 Å². The molecule has 0 spiro atoms. The van der Waals surface area contributed by atoms with Gasteiger partial charge in [0.1, 0.15) is 5.69 Å². The predicted octanol–water partition coefficient (Wildman–Crippen LogP) is 7.21. The molecule has 5 nitrogen and oxygen atoms in total. The number of carbonyl (C=O) groups is 2. The van der Waals surface area contributed by atoms with E-state index in [4.69, 9.17) is 11.6 Å². The third-order valence-electron chi connectivity index (χ3n) is 4.99. The van der Waals surface area contributed by atoms with Crippen molar-refractivity contribution in [2.24, 2.45) is 0 Å². The predicted molar refractivity (Wildman–Crippen MR) is 120 cm³/mol. The second kappa shape index (κ2) is 9.69. The first-order valence-electron chi connectivity index (χ1n) is 9.82. The van der Waals surface area contributed by atoms with Crippen LogP contribution in [0.2, 0.25) is 5.02 Å². The third-order valence-corrected chi connectivity index (χ3v) is 5.99. The fourth-order valence-corrected chi connectivity index (χ4v) is 4.14. The maximum Gasteiger partial charge on any atom is 0.435 e. The maximum atomic E-state index is 14.4. The van der Waals surface area contributed by atoms with Crippen LogP contribution in [0.25, 0.3) is 0 Å². The van der Waals surface area contributed by atoms with E-state index in [1.54, 1.807) is 12.1 Å². The zero-order chi connectivity index (χ0) is 27.1. The zero-order valence-corrected chi connectivity index (χ0v) is 19.8. The first-order chi connectivity index (χ1) is 16.5. The van der Waals surface area contributed by atoms with Crippen LogP contribution in [-0.4, -0.2) is 29.2 Å². The normalized spacial score (nSPS) is 12.4. The van der Waals surface area contributed by atoms with Crippen molar-refractivity contribution >= 4 is 45.6 Å². The van der Waals surface area contributed by atoms with Crippen molar-refractivity contribution in [2.45, 2.75) is 31.9 Å². The molecular weight excluding hydrogens is 539 g/mol. The standard InChI is InChI=1S/C22H15ClF7N3O2S/c1-10-6-13(20(24,21(25,26)27)22(28,29)30)7-11(2)16(10)32-18(35)15-9-36-19(31-15)33-17(34)12-4-3-5-14(23)8-12/h3-9H,1-2H3,(H,32,35)(H,31,33,34). The lowest BCUT2D eigenvalue weighted by Crippen LogP contribution is -2.50. The molecule has 0 saturated heterocycles. The quantitative estimate of drug-likeness (QED) is 0.328. The molecule has 2 N–H and O–H groups in total. The van der Waals surface area contributed by atoms with Crippen molar-refractivity contribution in [3.63, 3.8) is 0 Å². The van der Waals surface area contributed by atoms with Gasteiger partial charge in [-0.05, 0) is 43.2 Å². The van der Waals surface area contributed by atoms with E-state index in [2.05, 4.69) is 15.6 Å². The average molecular weight is 554 g/mol. The van der Waals surface area contributed by atoms with Crippen LogP contribution in [0.1, 0.15) is 37.5 Å². The van der Waals surface area contributed by atoms with E-state index in [-0.39, 0.29) is 33.2 Å². The number of aryl methyl sites for hydroxylation is 2. The molecule has 0 unspecified atom stereocenters. The molecule has 36 heavy (non-hydrogen) atoms. The monoisotopic (exact) mass is 553 g/mol. The molecule has 0 fully saturated rings. The highest BCUT2D eigenvalue weighted by Gasteiger charge is 2.73. The molecular formula is C22H15ClF7N3O2S. The lowest BCUT2D eigenvalue weighted by molar-refractivity contribution is -0.348. The minimum atomic E-state index is -6.26. The highest BCUT2D eigenvalue weighted by Crippen LogP contribution is 2.53. The molecule has 192 valence electrons. The highest BCUT2D eigenvalue weighted by atomic mass is 35.5. The molecule has 0 aliphatic carbocycles. The third kappa shape index (κ3) is 5.31. The number of benzene rings is 2. The van der Waals surface area contributed by atoms with E-state index >= 15 is 0 Å². The summed E-state index contributed by atoms with van der Waals surface area (Å²) in [5.74, 6) is -1.41. The summed E-state index contributed by atoms with van der Waals surface area (Å²) in [6.45, 7) is 2.24. The van der Waals surface area contributed by atoms with Gasteiger partial charge in [-0.15, -0.1) is 11.3 Å². The van der Waals surface area contributed by atoms with Gasteiger partial charge in [0.25, 0.3) is 11.8 Å². The molecule has 1 aromatic heterocycles. The Hall–Kier alpha value is -3.19. The van der Waals surface area contributed by atoms with E-state index in [1.165, 1.54) is 17.5 Å². The number of nitrogens with one attached hydrogen (secondary N) is 2. The summed E-state index contributed by atoms with van der Waals surface area (Å²) in [6, 6.07) is 6.80. The van der Waals surface area contributed by atoms with Crippen LogP contribution in [0, 0.1) is 13.8 Å². The number of hydrogen-bond acceptors (Lipinski definition) is 4. The molecule has 14 heteroatoms. The van der Waals surface area contributed by atoms with Gasteiger partial charge in [0, 0.05) is 27.2 Å². The van der Waals surface area contributed by atoms with Gasteiger partial charge in [-0.2, -0.15) is 26.3 Å². The average Bonchev–Trinajstić information content (AvgIpc) is 3.22. The van der Waals surface area contributed by atoms with Gasteiger partial charge in [0.05, 0.1) is 0 Å². The van der Waals surface area contributed by atoms with Gasteiger partial charge in [0.2, 0.25) is 0 Å². The minimum absolute atomic E-state index is 0.0477. The summed E-state index contributed by atoms with van der Waals surface area (Å²) in [4.78, 5) is 28.8. The Morgan fingerprint density at radius 2 is 1.47 bits per heavy atom. The van der Waals surface area contributed by atoms with Crippen molar-refractivity contribution in [1.29, 1.82) is 0 Å². The van der Waals surface area contributed by atoms with Crippen LogP contribution in [-0.2, 0) is 5.67 Å². The van der Waals surface area contributed by atoms with Crippen LogP contribution < -0.4 is 10.6 Å². The molecule has 1 heterocycles. The molecule has 2 aromatic carbocycles. The number of anilines is 2. The lowest BCUT2D eigenvalue weighted by Gasteiger charge is -2.31. The fraction of sp³-hybridized carbons (Fsp3) is 0.227. The number of nitrogens with zero attached hydrogens (tertiary/aromatic N) is 1. The maximum absolute atomic E-state index is 14.4. The summed E-state index contributed by atoms with van der Waals surface area (Å²) >= 11 is 6.74. The SMILES string of the molecule is Cc1cc(C(F)(C(F)(F)F)C(F)(F)F)cc(C)c1NC(=O)c1csc(NC(=O)c2cccc(Cl)c2)n1. The van der Waals surface area contributed by atoms with Gasteiger partial charge in [-0.1, -0.05) is 29.8 Å². The van der Waals surface area contributed by atoms with E-state index in [1.807, 2.05) is 0 Å². The smallest absolute Gasteiger partial charge is 0.320 e. The number of thiazole rings is 1. The second-order valence-electron chi connectivity index (χ2n) is 7.60. The van der Waals surface area contributed by atoms with Crippen LogP contribution in [0.5, 0.6) is 0 Å². The summed E-state index contributed by atoms with van der Waals surface area (Å²) < 4.78 is 93.0. The topological polar surface area (TPSA) is 71.1 Å². The Bertz CT molecular complexity index is 1280. The summed E-state index contributed by atoms with van der Waals surface area (Å²) in [7, 11) is 0. The molecule has 0 aliphatic heterocycles. The Morgan fingerprint density at radius 3 is 2.00 bits per heavy atom. The van der Waals surface area contributed by atoms with Crippen molar-refractivity contribution in [3.05, 3.63) is 74.7 Å². The van der Waals surface area contributed by atoms with Gasteiger partial charge >= 0.3 is 18.0 Å². The molecule has 0 aliphatic rings. The van der Waals surface area contributed by atoms with Gasteiger partial charge in [0.15, 0.2) is 5.13 Å². The number of amides is 2. The van der Waals surface area contributed by atoms with Crippen molar-refractivity contribution in [2.75, 3.05) is 10.6 Å². The number of aromatic nitrogens is 1. The molecule has 0 bridgehead atoms. The lowest BCUT2D eigenvalue weighted by atomic mass is 9.90. The highest BCUT2D eigenvalue weighted by molar-refractivity contribution is 7.14. The summed E-state index contributed by atoms with van der Waals surface area (Å²) in [5.41, 5.74) is -7.80. The minimum Gasteiger partial charge on any atom is -0.320 e. The molecule has 3 aromatic rings. The second-order valence-corrected chi connectivity index (χ2v) is 8.89. The van der Waals surface area contributed by atoms with Crippen LogP contribution in [0.3, 0.4) is 0 Å². The van der Waals surface area contributed by atoms with Gasteiger partial charge < -0.3 is 5.32 Å². The molecule has 0 saturated carbocycles. The fourth-order valence-electron chi connectivity index (χ4n) is 3.26. The Balaban J connectivity index is 1.82. The summed E-state index contributed by atoms with van der Waals surface area (Å²) in [6.07, 6.45) is -12.5. The van der Waals surface area contributed by atoms with E-state index in [0.29, 0.717) is 17.2 Å². The zero-order valence-electron chi connectivity index (χ0n) is 18.2. The first kappa shape index (κ1) is 27.4. The molecule has 0 radical (unpaired) electrons. The number of alkyl halides is 7. The van der Waals surface area contributed by atoms with E-state index < -0.39 is 35.4 Å². The van der Waals surface area contributed by atoms with E-state index in [0.717, 1.165) is 25.2 Å². The molecule has 0 atom stereocenters. The Labute approximate surface area is 208 Å². The number of rotatable bonds is 5. The number of carbonyl (C=O) groups excluding carboxylic acids is 2. The molecule has 3 rings (SSSR count). The van der Waals surface area contributed by atoms with E-state index in [9.17, 15) is 40.3 Å². The van der Waals surface area contributed by atoms with Gasteiger partial charge in [-0.25, -0.2) is 9.37 Å². The first-order valence-corrected chi connectivity index (χ1v) is 11.1. The van der Waals surface area contributed by atoms with Crippen LogP contribution >= 0.6 is 22.9 Å².